The maximum absolute atomic E-state index is 13.5. The number of fused-ring (bicyclic) bond motifs is 1. The Morgan fingerprint density at radius 1 is 1.11 bits per heavy atom. The summed E-state index contributed by atoms with van der Waals surface area (Å²) < 4.78 is 24.5. The first-order chi connectivity index (χ1) is 20.8. The molecule has 0 aliphatic carbocycles. The summed E-state index contributed by atoms with van der Waals surface area (Å²) in [5.41, 5.74) is 12.1. The first kappa shape index (κ1) is 28.1. The summed E-state index contributed by atoms with van der Waals surface area (Å²) >= 11 is 0. The summed E-state index contributed by atoms with van der Waals surface area (Å²) in [5, 5.41) is 29.0. The van der Waals surface area contributed by atoms with Crippen molar-refractivity contribution in [2.75, 3.05) is 24.5 Å². The van der Waals surface area contributed by atoms with E-state index in [-0.39, 0.29) is 48.6 Å². The van der Waals surface area contributed by atoms with Gasteiger partial charge in [0.2, 0.25) is 5.79 Å². The molecule has 44 heavy (non-hydrogen) atoms. The number of rotatable bonds is 5. The zero-order valence-corrected chi connectivity index (χ0v) is 24.0. The molecule has 5 aliphatic heterocycles. The highest BCUT2D eigenvalue weighted by molar-refractivity contribution is 7.90. The second-order valence-electron chi connectivity index (χ2n) is 11.5. The highest BCUT2D eigenvalue weighted by atomic mass is 32.2. The van der Waals surface area contributed by atoms with Gasteiger partial charge in [-0.05, 0) is 29.3 Å². The number of urea groups is 1. The first-order valence-corrected chi connectivity index (χ1v) is 15.7. The molecule has 1 unspecified atom stereocenters. The van der Waals surface area contributed by atoms with Crippen molar-refractivity contribution in [3.8, 4) is 0 Å². The summed E-state index contributed by atoms with van der Waals surface area (Å²) in [4.78, 5) is 50.9. The van der Waals surface area contributed by atoms with E-state index < -0.39 is 57.3 Å². The maximum atomic E-state index is 13.5. The van der Waals surface area contributed by atoms with Crippen molar-refractivity contribution < 1.29 is 38.0 Å². The third-order valence-electron chi connectivity index (χ3n) is 8.94. The molecule has 2 aromatic carbocycles. The predicted molar refractivity (Wildman–Crippen MR) is 154 cm³/mol. The lowest BCUT2D eigenvalue weighted by Gasteiger charge is -2.46. The minimum atomic E-state index is -3.41. The minimum absolute atomic E-state index is 0.0366. The average molecular weight is 625 g/mol. The van der Waals surface area contributed by atoms with Gasteiger partial charge >= 0.3 is 12.0 Å². The van der Waals surface area contributed by atoms with E-state index >= 15 is 0 Å². The van der Waals surface area contributed by atoms with Crippen LogP contribution in [0.5, 0.6) is 0 Å². The van der Waals surface area contributed by atoms with Crippen molar-refractivity contribution in [3.05, 3.63) is 65.2 Å². The summed E-state index contributed by atoms with van der Waals surface area (Å²) in [7, 11) is -3.41. The molecule has 16 nitrogen and oxygen atoms in total. The Kier molecular flexibility index (Phi) is 5.98. The van der Waals surface area contributed by atoms with Crippen LogP contribution in [-0.4, -0.2) is 107 Å². The fraction of sp³-hybridized carbons (Fsp3) is 0.370. The number of para-hydroxylation sites is 1. The number of amides is 4. The van der Waals surface area contributed by atoms with Gasteiger partial charge in [-0.3, -0.25) is 35.0 Å². The van der Waals surface area contributed by atoms with E-state index in [1.807, 2.05) is 0 Å². The Morgan fingerprint density at radius 2 is 1.86 bits per heavy atom. The van der Waals surface area contributed by atoms with E-state index in [1.165, 1.54) is 15.9 Å². The third kappa shape index (κ3) is 3.96. The van der Waals surface area contributed by atoms with Gasteiger partial charge in [-0.2, -0.15) is 0 Å². The van der Waals surface area contributed by atoms with Gasteiger partial charge in [0.05, 0.1) is 24.6 Å². The molecule has 5 heterocycles. The standard InChI is InChI=1S/C27H29N9O7S/c28-23-32-21-18(9-35-20(37)11-34(25(35)39)15-6-2-1-3-7-15)30-24(29)36-10-19(27(40,41)26(21,36)33-23)31-22(38)16-8-4-5-14-12-44(42,43)13-17(14)16/h1-8,18-19,21,40-41H,9-13H2,(H2,29,30)(H,31,38)(H3,28,32,33)/p+1/t18-,19?,21-,26-/m0/s1. The lowest BCUT2D eigenvalue weighted by atomic mass is 9.84. The number of hydrogen-bond acceptors (Lipinski definition) is 12. The molecule has 230 valence electrons. The zero-order chi connectivity index (χ0) is 31.2. The SMILES string of the molecule is NC1=N[C@@H](CN2C(=O)CN(c3ccccc3)C2=O)[C@@H]2[NH+]=C(N)N[C@]23N1CC(NC(=O)c1cccc2c1CS(=O)(=O)C2)C3(O)O. The molecular formula is C27H30N9O7S+. The Morgan fingerprint density at radius 3 is 2.61 bits per heavy atom. The number of nitrogens with one attached hydrogen (secondary N) is 3. The fourth-order valence-corrected chi connectivity index (χ4v) is 8.56. The number of aliphatic imine (C=N–C) groups is 1. The van der Waals surface area contributed by atoms with Crippen LogP contribution < -0.4 is 32.0 Å². The largest absolute Gasteiger partial charge is 0.370 e. The number of benzene rings is 2. The molecule has 4 amide bonds. The number of guanidine groups is 2. The van der Waals surface area contributed by atoms with E-state index in [0.717, 1.165) is 4.90 Å². The normalized spacial score (nSPS) is 29.5. The molecule has 1 spiro atoms. The van der Waals surface area contributed by atoms with Crippen molar-refractivity contribution >= 4 is 45.3 Å². The highest BCUT2D eigenvalue weighted by Crippen LogP contribution is 2.41. The topological polar surface area (TPSA) is 238 Å². The van der Waals surface area contributed by atoms with Crippen molar-refractivity contribution in [3.63, 3.8) is 0 Å². The number of anilines is 1. The molecule has 0 bridgehead atoms. The van der Waals surface area contributed by atoms with Gasteiger partial charge in [0.1, 0.15) is 18.6 Å². The van der Waals surface area contributed by atoms with Crippen LogP contribution in [0, 0.1) is 0 Å². The van der Waals surface area contributed by atoms with Crippen LogP contribution in [0.4, 0.5) is 10.5 Å². The summed E-state index contributed by atoms with van der Waals surface area (Å²) in [5.74, 6) is -4.56. The number of aliphatic hydroxyl groups is 2. The van der Waals surface area contributed by atoms with Gasteiger partial charge < -0.3 is 21.3 Å². The predicted octanol–water partition coefficient (Wildman–Crippen LogP) is -4.56. The quantitative estimate of drug-likeness (QED) is 0.123. The van der Waals surface area contributed by atoms with E-state index in [4.69, 9.17) is 11.5 Å². The molecule has 9 N–H and O–H groups in total. The van der Waals surface area contributed by atoms with E-state index in [2.05, 4.69) is 20.6 Å². The molecule has 2 aromatic rings. The summed E-state index contributed by atoms with van der Waals surface area (Å²) in [6.07, 6.45) is 0. The van der Waals surface area contributed by atoms with Gasteiger partial charge in [-0.1, -0.05) is 30.3 Å². The van der Waals surface area contributed by atoms with Crippen molar-refractivity contribution in [1.82, 2.24) is 20.4 Å². The Hall–Kier alpha value is -4.74. The van der Waals surface area contributed by atoms with Gasteiger partial charge in [-0.15, -0.1) is 0 Å². The summed E-state index contributed by atoms with van der Waals surface area (Å²) in [6.45, 7) is -0.642. The van der Waals surface area contributed by atoms with Gasteiger partial charge in [-0.25, -0.2) is 23.5 Å². The lowest BCUT2D eigenvalue weighted by Crippen LogP contribution is -2.90. The Balaban J connectivity index is 1.17. The molecular weight excluding hydrogens is 594 g/mol. The van der Waals surface area contributed by atoms with Crippen LogP contribution in [0.3, 0.4) is 0 Å². The molecule has 7 rings (SSSR count). The number of sulfone groups is 1. The van der Waals surface area contributed by atoms with Crippen LogP contribution >= 0.6 is 0 Å². The molecule has 0 aromatic heterocycles. The molecule has 5 aliphatic rings. The molecule has 0 saturated carbocycles. The monoisotopic (exact) mass is 624 g/mol. The number of hydrogen-bond donors (Lipinski definition) is 7. The first-order valence-electron chi connectivity index (χ1n) is 13.8. The molecule has 2 saturated heterocycles. The second-order valence-corrected chi connectivity index (χ2v) is 13.6. The van der Waals surface area contributed by atoms with Crippen LogP contribution in [0.15, 0.2) is 53.5 Å². The smallest absolute Gasteiger partial charge is 0.343 e. The van der Waals surface area contributed by atoms with Gasteiger partial charge in [0.15, 0.2) is 21.8 Å². The number of nitrogens with two attached hydrogens (primary N) is 2. The fourth-order valence-electron chi connectivity index (χ4n) is 6.94. The lowest BCUT2D eigenvalue weighted by molar-refractivity contribution is -0.521. The second kappa shape index (κ2) is 9.38. The maximum Gasteiger partial charge on any atom is 0.343 e. The van der Waals surface area contributed by atoms with Crippen LogP contribution in [0.1, 0.15) is 21.5 Å². The number of nitrogens with zero attached hydrogens (tertiary/aromatic N) is 4. The Labute approximate surface area is 250 Å². The third-order valence-corrected chi connectivity index (χ3v) is 10.4. The Bertz CT molecular complexity index is 1780. The number of imide groups is 1. The molecule has 0 radical (unpaired) electrons. The van der Waals surface area contributed by atoms with E-state index in [1.54, 1.807) is 42.5 Å². The highest BCUT2D eigenvalue weighted by Gasteiger charge is 2.76. The van der Waals surface area contributed by atoms with Crippen molar-refractivity contribution in [2.45, 2.75) is 41.1 Å². The van der Waals surface area contributed by atoms with Crippen LogP contribution in [-0.2, 0) is 26.1 Å². The average Bonchev–Trinajstić information content (AvgIpc) is 3.65. The molecule has 2 fully saturated rings. The minimum Gasteiger partial charge on any atom is -0.370 e. The van der Waals surface area contributed by atoms with Gasteiger partial charge in [0, 0.05) is 11.3 Å². The zero-order valence-electron chi connectivity index (χ0n) is 23.2. The summed E-state index contributed by atoms with van der Waals surface area (Å²) in [6, 6.07) is 9.46. The number of carbonyl (C=O) groups is 3. The number of carbonyl (C=O) groups excluding carboxylic acids is 3. The molecule has 17 heteroatoms. The van der Waals surface area contributed by atoms with Crippen LogP contribution in [0.25, 0.3) is 0 Å². The van der Waals surface area contributed by atoms with Crippen LogP contribution in [0.2, 0.25) is 0 Å². The van der Waals surface area contributed by atoms with E-state index in [9.17, 15) is 33.0 Å². The van der Waals surface area contributed by atoms with E-state index in [0.29, 0.717) is 16.8 Å². The van der Waals surface area contributed by atoms with Crippen molar-refractivity contribution in [2.24, 2.45) is 16.5 Å². The molecule has 4 atom stereocenters. The van der Waals surface area contributed by atoms with Crippen molar-refractivity contribution in [1.29, 1.82) is 0 Å². The van der Waals surface area contributed by atoms with Gasteiger partial charge in [0.25, 0.3) is 17.5 Å².